The van der Waals surface area contributed by atoms with Crippen molar-refractivity contribution in [1.82, 2.24) is 14.0 Å². The standard InChI is InChI=1S/C21H21F3N4O2/c1-25-17-7-2-3-8-18(17)28(20(25)30)14-19(29)27-11-9-26(10-12-27)16-6-4-5-15(13-16)21(22,23)24/h2-8,13H,9-12,14H2,1H3. The summed E-state index contributed by atoms with van der Waals surface area (Å²) in [6.45, 7) is 1.56. The molecule has 1 aromatic heterocycles. The second kappa shape index (κ2) is 7.55. The van der Waals surface area contributed by atoms with Gasteiger partial charge >= 0.3 is 11.9 Å². The third-order valence-corrected chi connectivity index (χ3v) is 5.52. The third-order valence-electron chi connectivity index (χ3n) is 5.52. The fourth-order valence-electron chi connectivity index (χ4n) is 3.84. The van der Waals surface area contributed by atoms with Crippen LogP contribution in [-0.2, 0) is 24.6 Å². The number of anilines is 1. The van der Waals surface area contributed by atoms with Gasteiger partial charge in [-0.1, -0.05) is 18.2 Å². The molecule has 0 aliphatic carbocycles. The minimum Gasteiger partial charge on any atom is -0.368 e. The van der Waals surface area contributed by atoms with Crippen LogP contribution in [0.25, 0.3) is 11.0 Å². The van der Waals surface area contributed by atoms with Gasteiger partial charge in [-0.2, -0.15) is 13.2 Å². The number of aromatic nitrogens is 2. The lowest BCUT2D eigenvalue weighted by Crippen LogP contribution is -2.50. The number of piperazine rings is 1. The Morgan fingerprint density at radius 2 is 1.63 bits per heavy atom. The van der Waals surface area contributed by atoms with E-state index in [4.69, 9.17) is 0 Å². The number of benzene rings is 2. The van der Waals surface area contributed by atoms with Crippen LogP contribution in [0.2, 0.25) is 0 Å². The van der Waals surface area contributed by atoms with Gasteiger partial charge in [0, 0.05) is 38.9 Å². The number of hydrogen-bond donors (Lipinski definition) is 0. The highest BCUT2D eigenvalue weighted by molar-refractivity contribution is 5.81. The molecule has 0 atom stereocenters. The minimum absolute atomic E-state index is 0.0657. The van der Waals surface area contributed by atoms with Crippen molar-refractivity contribution >= 4 is 22.6 Å². The molecule has 0 N–H and O–H groups in total. The lowest BCUT2D eigenvalue weighted by Gasteiger charge is -2.36. The van der Waals surface area contributed by atoms with Crippen molar-refractivity contribution in [1.29, 1.82) is 0 Å². The fraction of sp³-hybridized carbons (Fsp3) is 0.333. The van der Waals surface area contributed by atoms with Crippen LogP contribution in [0.15, 0.2) is 53.3 Å². The van der Waals surface area contributed by atoms with Gasteiger partial charge in [-0.05, 0) is 30.3 Å². The molecule has 1 fully saturated rings. The van der Waals surface area contributed by atoms with Crippen LogP contribution >= 0.6 is 0 Å². The summed E-state index contributed by atoms with van der Waals surface area (Å²) in [6.07, 6.45) is -4.39. The number of imidazole rings is 1. The van der Waals surface area contributed by atoms with Crippen molar-refractivity contribution in [2.45, 2.75) is 12.7 Å². The number of aryl methyl sites for hydroxylation is 1. The molecule has 0 bridgehead atoms. The molecule has 3 aromatic rings. The monoisotopic (exact) mass is 418 g/mol. The molecule has 30 heavy (non-hydrogen) atoms. The second-order valence-electron chi connectivity index (χ2n) is 7.33. The first-order valence-electron chi connectivity index (χ1n) is 9.60. The van der Waals surface area contributed by atoms with E-state index in [2.05, 4.69) is 0 Å². The lowest BCUT2D eigenvalue weighted by molar-refractivity contribution is -0.137. The average Bonchev–Trinajstić information content (AvgIpc) is 2.98. The van der Waals surface area contributed by atoms with Crippen LogP contribution in [0.5, 0.6) is 0 Å². The molecule has 1 amide bonds. The minimum atomic E-state index is -4.39. The zero-order valence-corrected chi connectivity index (χ0v) is 16.4. The number of rotatable bonds is 3. The summed E-state index contributed by atoms with van der Waals surface area (Å²) in [4.78, 5) is 28.8. The predicted molar refractivity (Wildman–Crippen MR) is 107 cm³/mol. The molecule has 2 aromatic carbocycles. The lowest BCUT2D eigenvalue weighted by atomic mass is 10.1. The SMILES string of the molecule is Cn1c(=O)n(CC(=O)N2CCN(c3cccc(C(F)(F)F)c3)CC2)c2ccccc21. The molecular weight excluding hydrogens is 397 g/mol. The maximum absolute atomic E-state index is 13.0. The molecule has 2 heterocycles. The molecular formula is C21H21F3N4O2. The highest BCUT2D eigenvalue weighted by Gasteiger charge is 2.31. The molecule has 9 heteroatoms. The third kappa shape index (κ3) is 3.67. The van der Waals surface area contributed by atoms with Gasteiger partial charge in [-0.15, -0.1) is 0 Å². The van der Waals surface area contributed by atoms with Crippen molar-refractivity contribution in [2.24, 2.45) is 7.05 Å². The Hall–Kier alpha value is -3.23. The first-order chi connectivity index (χ1) is 14.3. The first kappa shape index (κ1) is 20.1. The second-order valence-corrected chi connectivity index (χ2v) is 7.33. The summed E-state index contributed by atoms with van der Waals surface area (Å²) in [5, 5.41) is 0. The summed E-state index contributed by atoms with van der Waals surface area (Å²) in [6, 6.07) is 12.5. The summed E-state index contributed by atoms with van der Waals surface area (Å²) in [7, 11) is 1.67. The topological polar surface area (TPSA) is 50.5 Å². The van der Waals surface area contributed by atoms with Gasteiger partial charge < -0.3 is 9.80 Å². The van der Waals surface area contributed by atoms with Gasteiger partial charge in [0.1, 0.15) is 6.54 Å². The Labute approximate surface area is 170 Å². The smallest absolute Gasteiger partial charge is 0.368 e. The highest BCUT2D eigenvalue weighted by Crippen LogP contribution is 2.31. The van der Waals surface area contributed by atoms with Crippen LogP contribution in [0.4, 0.5) is 18.9 Å². The largest absolute Gasteiger partial charge is 0.416 e. The molecule has 4 rings (SSSR count). The number of carbonyl (C=O) groups excluding carboxylic acids is 1. The molecule has 158 valence electrons. The van der Waals surface area contributed by atoms with E-state index in [0.717, 1.165) is 17.6 Å². The van der Waals surface area contributed by atoms with Gasteiger partial charge in [0.15, 0.2) is 0 Å². The van der Waals surface area contributed by atoms with Crippen LogP contribution in [0.3, 0.4) is 0 Å². The number of amides is 1. The average molecular weight is 418 g/mol. The number of hydrogen-bond acceptors (Lipinski definition) is 3. The number of halogens is 3. The van der Waals surface area contributed by atoms with Gasteiger partial charge in [-0.3, -0.25) is 13.9 Å². The Morgan fingerprint density at radius 3 is 2.30 bits per heavy atom. The molecule has 1 aliphatic heterocycles. The molecule has 6 nitrogen and oxygen atoms in total. The number of carbonyl (C=O) groups is 1. The van der Waals surface area contributed by atoms with E-state index in [1.165, 1.54) is 15.2 Å². The van der Waals surface area contributed by atoms with Gasteiger partial charge in [0.05, 0.1) is 16.6 Å². The Morgan fingerprint density at radius 1 is 0.967 bits per heavy atom. The van der Waals surface area contributed by atoms with Crippen molar-refractivity contribution in [3.63, 3.8) is 0 Å². The number of para-hydroxylation sites is 2. The van der Waals surface area contributed by atoms with Gasteiger partial charge in [0.2, 0.25) is 5.91 Å². The van der Waals surface area contributed by atoms with Gasteiger partial charge in [-0.25, -0.2) is 4.79 Å². The summed E-state index contributed by atoms with van der Waals surface area (Å²) in [5.74, 6) is -0.183. The quantitative estimate of drug-likeness (QED) is 0.657. The van der Waals surface area contributed by atoms with E-state index < -0.39 is 11.7 Å². The van der Waals surface area contributed by atoms with E-state index in [1.54, 1.807) is 24.1 Å². The summed E-state index contributed by atoms with van der Waals surface area (Å²) in [5.41, 5.74) is 0.994. The molecule has 0 unspecified atom stereocenters. The van der Waals surface area contributed by atoms with E-state index in [9.17, 15) is 22.8 Å². The molecule has 1 aliphatic rings. The Kier molecular flexibility index (Phi) is 5.05. The molecule has 0 saturated carbocycles. The van der Waals surface area contributed by atoms with E-state index in [0.29, 0.717) is 37.4 Å². The van der Waals surface area contributed by atoms with Crippen molar-refractivity contribution in [3.8, 4) is 0 Å². The molecule has 0 spiro atoms. The van der Waals surface area contributed by atoms with E-state index >= 15 is 0 Å². The van der Waals surface area contributed by atoms with Crippen molar-refractivity contribution in [3.05, 3.63) is 64.6 Å². The van der Waals surface area contributed by atoms with E-state index in [-0.39, 0.29) is 18.1 Å². The van der Waals surface area contributed by atoms with Crippen molar-refractivity contribution < 1.29 is 18.0 Å². The Bertz CT molecular complexity index is 1140. The Balaban J connectivity index is 1.45. The van der Waals surface area contributed by atoms with E-state index in [1.807, 2.05) is 23.1 Å². The van der Waals surface area contributed by atoms with Crippen LogP contribution < -0.4 is 10.6 Å². The normalized spacial score (nSPS) is 15.1. The summed E-state index contributed by atoms with van der Waals surface area (Å²) < 4.78 is 41.8. The maximum atomic E-state index is 13.0. The molecule has 0 radical (unpaired) electrons. The molecule has 1 saturated heterocycles. The summed E-state index contributed by atoms with van der Waals surface area (Å²) >= 11 is 0. The fourth-order valence-corrected chi connectivity index (χ4v) is 3.84. The zero-order chi connectivity index (χ0) is 21.5. The van der Waals surface area contributed by atoms with Crippen LogP contribution in [-0.4, -0.2) is 46.1 Å². The first-order valence-corrected chi connectivity index (χ1v) is 9.60. The van der Waals surface area contributed by atoms with Gasteiger partial charge in [0.25, 0.3) is 0 Å². The number of alkyl halides is 3. The maximum Gasteiger partial charge on any atom is 0.416 e. The van der Waals surface area contributed by atoms with Crippen LogP contribution in [0, 0.1) is 0 Å². The predicted octanol–water partition coefficient (Wildman–Crippen LogP) is 2.71. The number of nitrogens with zero attached hydrogens (tertiary/aromatic N) is 4. The van der Waals surface area contributed by atoms with Crippen LogP contribution in [0.1, 0.15) is 5.56 Å². The van der Waals surface area contributed by atoms with Crippen molar-refractivity contribution in [2.75, 3.05) is 31.1 Å². The highest BCUT2D eigenvalue weighted by atomic mass is 19.4. The zero-order valence-electron chi connectivity index (χ0n) is 16.4. The number of fused-ring (bicyclic) bond motifs is 1.